The minimum atomic E-state index is -4.51. The van der Waals surface area contributed by atoms with Gasteiger partial charge >= 0.3 is 51.4 Å². The molecule has 8 heteroatoms. The predicted octanol–water partition coefficient (Wildman–Crippen LogP) is -6.82. The molecule has 0 heterocycles. The van der Waals surface area contributed by atoms with Crippen LogP contribution in [-0.4, -0.2) is 43.7 Å². The van der Waals surface area contributed by atoms with E-state index in [-0.39, 0.29) is 70.4 Å². The first kappa shape index (κ1) is 20.4. The minimum absolute atomic E-state index is 0. The van der Waals surface area contributed by atoms with Crippen molar-refractivity contribution in [3.63, 3.8) is 0 Å². The maximum atomic E-state index is 10.1. The summed E-state index contributed by atoms with van der Waals surface area (Å²) in [7, 11) is 1.19. The van der Waals surface area contributed by atoms with Gasteiger partial charge in [0.05, 0.1) is 21.1 Å². The van der Waals surface area contributed by atoms with E-state index in [2.05, 4.69) is 4.52 Å². The van der Waals surface area contributed by atoms with Gasteiger partial charge in [-0.05, 0) is 0 Å². The van der Waals surface area contributed by atoms with Gasteiger partial charge in [-0.2, -0.15) is 0 Å². The molecule has 0 saturated heterocycles. The van der Waals surface area contributed by atoms with E-state index < -0.39 is 7.82 Å². The van der Waals surface area contributed by atoms with Gasteiger partial charge in [0.1, 0.15) is 13.2 Å². The quantitative estimate of drug-likeness (QED) is 0.309. The molecule has 0 radical (unpaired) electrons. The molecule has 0 aromatic rings. The summed E-state index contributed by atoms with van der Waals surface area (Å²) < 4.78 is 14.8. The summed E-state index contributed by atoms with van der Waals surface area (Å²) in [5, 5.41) is 0. The van der Waals surface area contributed by atoms with Gasteiger partial charge in [-0.3, -0.25) is 4.57 Å². The fourth-order valence-corrected chi connectivity index (χ4v) is 0.742. The number of hydrogen-bond donors (Lipinski definition) is 1. The van der Waals surface area contributed by atoms with Gasteiger partial charge in [0.25, 0.3) is 7.82 Å². The fourth-order valence-electron chi connectivity index (χ4n) is 0.430. The van der Waals surface area contributed by atoms with Crippen molar-refractivity contribution in [2.45, 2.75) is 0 Å². The summed E-state index contributed by atoms with van der Waals surface area (Å²) in [6.45, 7) is 0.549. The molecule has 76 valence electrons. The van der Waals surface area contributed by atoms with Crippen molar-refractivity contribution < 1.29 is 87.2 Å². The van der Waals surface area contributed by atoms with Crippen LogP contribution in [0.1, 0.15) is 0 Å². The topological polar surface area (TPSA) is 69.6 Å². The molecule has 0 aromatic heterocycles. The van der Waals surface area contributed by atoms with Crippen molar-refractivity contribution in [2.75, 3.05) is 34.3 Å². The summed E-state index contributed by atoms with van der Waals surface area (Å²) in [6.07, 6.45) is 0. The molecule has 5 nitrogen and oxygen atoms in total. The molecule has 0 bridgehead atoms. The van der Waals surface area contributed by atoms with E-state index in [1.807, 2.05) is 21.1 Å². The molecule has 0 aliphatic rings. The largest absolute Gasteiger partial charge is 1.00 e. The van der Waals surface area contributed by atoms with E-state index in [4.69, 9.17) is 4.89 Å². The Labute approximate surface area is 127 Å². The number of rotatable bonds is 4. The number of quaternary nitrogens is 1. The van der Waals surface area contributed by atoms with Crippen LogP contribution < -0.4 is 68.7 Å². The van der Waals surface area contributed by atoms with E-state index in [0.29, 0.717) is 11.0 Å². The summed E-state index contributed by atoms with van der Waals surface area (Å²) in [4.78, 5) is 18.3. The first-order valence-electron chi connectivity index (χ1n) is 3.19. The Bertz CT molecular complexity index is 168. The van der Waals surface area contributed by atoms with Crippen molar-refractivity contribution in [1.29, 1.82) is 0 Å². The maximum absolute atomic E-state index is 10.1. The van der Waals surface area contributed by atoms with Crippen molar-refractivity contribution >= 4 is 7.82 Å². The Morgan fingerprint density at radius 2 is 1.85 bits per heavy atom. The Morgan fingerprint density at radius 3 is 2.08 bits per heavy atom. The summed E-state index contributed by atoms with van der Waals surface area (Å²) >= 11 is 0. The Hall–Kier alpha value is 2.00. The van der Waals surface area contributed by atoms with E-state index in [1.54, 1.807) is 0 Å². The zero-order chi connectivity index (χ0) is 9.12. The average Bonchev–Trinajstić information content (AvgIpc) is 1.55. The average molecular weight is 258 g/mol. The van der Waals surface area contributed by atoms with Gasteiger partial charge in [0, 0.05) is 0 Å². The zero-order valence-electron chi connectivity index (χ0n) is 8.36. The zero-order valence-corrected chi connectivity index (χ0v) is 13.1. The summed E-state index contributed by atoms with van der Waals surface area (Å²) in [5.41, 5.74) is 0. The van der Waals surface area contributed by atoms with E-state index in [1.165, 1.54) is 0 Å². The van der Waals surface area contributed by atoms with Crippen LogP contribution in [0.25, 0.3) is 0 Å². The van der Waals surface area contributed by atoms with Crippen LogP contribution in [0.15, 0.2) is 0 Å². The Morgan fingerprint density at radius 1 is 1.46 bits per heavy atom. The fraction of sp³-hybridized carbons (Fsp3) is 1.00. The molecule has 0 rings (SSSR count). The number of likely N-dealkylation sites (N-methyl/N-ethyl adjacent to an activating group) is 1. The van der Waals surface area contributed by atoms with Gasteiger partial charge in [-0.15, -0.1) is 0 Å². The van der Waals surface area contributed by atoms with Crippen LogP contribution in [0.5, 0.6) is 0 Å². The van der Waals surface area contributed by atoms with Crippen molar-refractivity contribution in [2.24, 2.45) is 0 Å². The minimum Gasteiger partial charge on any atom is -1.00 e. The van der Waals surface area contributed by atoms with Crippen LogP contribution in [0.3, 0.4) is 0 Å². The second-order valence-corrected chi connectivity index (χ2v) is 4.51. The number of halogens is 1. The van der Waals surface area contributed by atoms with E-state index in [0.717, 1.165) is 0 Å². The molecule has 0 aliphatic carbocycles. The van der Waals surface area contributed by atoms with Gasteiger partial charge in [-0.1, -0.05) is 0 Å². The molecule has 13 heavy (non-hydrogen) atoms. The monoisotopic (exact) mass is 257 g/mol. The molecule has 0 aliphatic heterocycles. The van der Waals surface area contributed by atoms with Crippen molar-refractivity contribution in [1.82, 2.24) is 0 Å². The second kappa shape index (κ2) is 8.18. The molecule has 1 unspecified atom stereocenters. The maximum Gasteiger partial charge on any atom is 1.00 e. The SMILES string of the molecule is C[N+](C)(C)CCOP(=O)([O-])O.[Cl-].[K+]. The van der Waals surface area contributed by atoms with Gasteiger partial charge in [0.2, 0.25) is 0 Å². The number of nitrogens with zero attached hydrogens (tertiary/aromatic N) is 1. The molecule has 1 N–H and O–H groups in total. The summed E-state index contributed by atoms with van der Waals surface area (Å²) in [5.74, 6) is 0. The molecule has 0 fully saturated rings. The Kier molecular flexibility index (Phi) is 12.9. The standard InChI is InChI=1S/C5H14NO4P.ClH.K/c1-6(2,3)4-5-10-11(7,8)9;;/h4-5H2,1-3H3,(H-,7,8,9);1H;/q;;+1/p-1. The van der Waals surface area contributed by atoms with Gasteiger partial charge in [0.15, 0.2) is 0 Å². The van der Waals surface area contributed by atoms with Crippen molar-refractivity contribution in [3.8, 4) is 0 Å². The predicted molar refractivity (Wildman–Crippen MR) is 38.7 cm³/mol. The van der Waals surface area contributed by atoms with Gasteiger partial charge in [-0.25, -0.2) is 0 Å². The van der Waals surface area contributed by atoms with Crippen LogP contribution in [0, 0.1) is 0 Å². The van der Waals surface area contributed by atoms with Crippen molar-refractivity contribution in [3.05, 3.63) is 0 Å². The molecule has 0 spiro atoms. The number of phosphoric ester groups is 1. The molecule has 0 amide bonds. The Balaban J connectivity index is -0.000000500. The van der Waals surface area contributed by atoms with Crippen LogP contribution >= 0.6 is 7.82 Å². The van der Waals surface area contributed by atoms with Crippen LogP contribution in [-0.2, 0) is 9.09 Å². The third kappa shape index (κ3) is 20.2. The normalized spacial score (nSPS) is 15.2. The second-order valence-electron chi connectivity index (χ2n) is 3.32. The first-order chi connectivity index (χ1) is 4.71. The molecular formula is C5H14ClKNO4P. The number of phosphoric acid groups is 1. The van der Waals surface area contributed by atoms with Gasteiger partial charge < -0.3 is 31.2 Å². The summed E-state index contributed by atoms with van der Waals surface area (Å²) in [6, 6.07) is 0. The third-order valence-electron chi connectivity index (χ3n) is 1.02. The van der Waals surface area contributed by atoms with E-state index >= 15 is 0 Å². The molecule has 0 aromatic carbocycles. The third-order valence-corrected chi connectivity index (χ3v) is 1.53. The smallest absolute Gasteiger partial charge is 1.00 e. The van der Waals surface area contributed by atoms with E-state index in [9.17, 15) is 9.46 Å². The van der Waals surface area contributed by atoms with Crippen LogP contribution in [0.4, 0.5) is 0 Å². The molecular weight excluding hydrogens is 244 g/mol. The first-order valence-corrected chi connectivity index (χ1v) is 4.69. The van der Waals surface area contributed by atoms with Crippen LogP contribution in [0.2, 0.25) is 0 Å². The molecule has 1 atom stereocenters. The molecule has 0 saturated carbocycles. The number of hydrogen-bond acceptors (Lipinski definition) is 3.